The molecule has 0 bridgehead atoms. The fourth-order valence-corrected chi connectivity index (χ4v) is 1.70. The summed E-state index contributed by atoms with van der Waals surface area (Å²) in [5, 5.41) is 8.74. The summed E-state index contributed by atoms with van der Waals surface area (Å²) in [6.07, 6.45) is 1.68. The molecule has 1 N–H and O–H groups in total. The van der Waals surface area contributed by atoms with Crippen LogP contribution in [-0.4, -0.2) is 42.2 Å². The minimum atomic E-state index is -0.847. The first-order valence-corrected chi connectivity index (χ1v) is 6.34. The fourth-order valence-electron chi connectivity index (χ4n) is 1.43. The molecular weight excluding hydrogens is 298 g/mol. The predicted molar refractivity (Wildman–Crippen MR) is 73.9 cm³/mol. The quantitative estimate of drug-likeness (QED) is 0.749. The molecule has 0 heterocycles. The lowest BCUT2D eigenvalue weighted by atomic mass is 10.3. The first-order chi connectivity index (χ1) is 8.61. The standard InChI is InChI=1S/C13H16BrNO3/c1-2-7-15(10-13(16)17)8-9-18-12-5-3-11(14)4-6-12/h2-6H,1,7-10H2,(H,16,17). The molecule has 0 amide bonds. The number of halogens is 1. The summed E-state index contributed by atoms with van der Waals surface area (Å²) in [6, 6.07) is 7.51. The monoisotopic (exact) mass is 313 g/mol. The Hall–Kier alpha value is -1.33. The molecule has 0 unspecified atom stereocenters. The Bertz CT molecular complexity index is 392. The van der Waals surface area contributed by atoms with Crippen LogP contribution in [0.1, 0.15) is 0 Å². The Kier molecular flexibility index (Phi) is 6.46. The summed E-state index contributed by atoms with van der Waals surface area (Å²) in [5.41, 5.74) is 0. The number of hydrogen-bond acceptors (Lipinski definition) is 3. The van der Waals surface area contributed by atoms with E-state index in [0.29, 0.717) is 19.7 Å². The Labute approximate surface area is 115 Å². The summed E-state index contributed by atoms with van der Waals surface area (Å²) in [6.45, 7) is 5.13. The summed E-state index contributed by atoms with van der Waals surface area (Å²) in [7, 11) is 0. The number of hydrogen-bond donors (Lipinski definition) is 1. The van der Waals surface area contributed by atoms with Crippen molar-refractivity contribution >= 4 is 21.9 Å². The average Bonchev–Trinajstić information content (AvgIpc) is 2.31. The van der Waals surface area contributed by atoms with Gasteiger partial charge in [0.15, 0.2) is 0 Å². The van der Waals surface area contributed by atoms with Crippen molar-refractivity contribution in [3.8, 4) is 5.75 Å². The van der Waals surface area contributed by atoms with Gasteiger partial charge in [-0.1, -0.05) is 22.0 Å². The number of carbonyl (C=O) groups is 1. The molecule has 0 saturated heterocycles. The zero-order chi connectivity index (χ0) is 13.4. The first-order valence-electron chi connectivity index (χ1n) is 5.55. The van der Waals surface area contributed by atoms with Gasteiger partial charge in [0.25, 0.3) is 0 Å². The van der Waals surface area contributed by atoms with Crippen LogP contribution < -0.4 is 4.74 Å². The van der Waals surface area contributed by atoms with Crippen LogP contribution in [-0.2, 0) is 4.79 Å². The van der Waals surface area contributed by atoms with E-state index < -0.39 is 5.97 Å². The summed E-state index contributed by atoms with van der Waals surface area (Å²) >= 11 is 3.34. The third-order valence-electron chi connectivity index (χ3n) is 2.24. The maximum atomic E-state index is 10.6. The van der Waals surface area contributed by atoms with Crippen molar-refractivity contribution in [1.82, 2.24) is 4.90 Å². The molecular formula is C13H16BrNO3. The molecule has 1 rings (SSSR count). The number of ether oxygens (including phenoxy) is 1. The molecule has 0 aromatic heterocycles. The molecule has 0 aliphatic rings. The van der Waals surface area contributed by atoms with Crippen molar-refractivity contribution in [2.75, 3.05) is 26.2 Å². The molecule has 0 radical (unpaired) electrons. The highest BCUT2D eigenvalue weighted by molar-refractivity contribution is 9.10. The van der Waals surface area contributed by atoms with E-state index in [-0.39, 0.29) is 6.54 Å². The Morgan fingerprint density at radius 2 is 2.11 bits per heavy atom. The molecule has 1 aromatic rings. The van der Waals surface area contributed by atoms with Gasteiger partial charge in [0.2, 0.25) is 0 Å². The van der Waals surface area contributed by atoms with Gasteiger partial charge in [-0.2, -0.15) is 0 Å². The van der Waals surface area contributed by atoms with Crippen LogP contribution in [0.4, 0.5) is 0 Å². The highest BCUT2D eigenvalue weighted by atomic mass is 79.9. The van der Waals surface area contributed by atoms with Gasteiger partial charge in [-0.05, 0) is 24.3 Å². The van der Waals surface area contributed by atoms with E-state index >= 15 is 0 Å². The van der Waals surface area contributed by atoms with E-state index in [1.165, 1.54) is 0 Å². The van der Waals surface area contributed by atoms with Crippen LogP contribution in [0, 0.1) is 0 Å². The maximum absolute atomic E-state index is 10.6. The highest BCUT2D eigenvalue weighted by Crippen LogP contribution is 2.15. The largest absolute Gasteiger partial charge is 0.492 e. The molecule has 18 heavy (non-hydrogen) atoms. The van der Waals surface area contributed by atoms with Crippen LogP contribution >= 0.6 is 15.9 Å². The zero-order valence-electron chi connectivity index (χ0n) is 10.0. The van der Waals surface area contributed by atoms with Gasteiger partial charge in [0.1, 0.15) is 12.4 Å². The van der Waals surface area contributed by atoms with Gasteiger partial charge in [-0.15, -0.1) is 6.58 Å². The molecule has 0 aliphatic carbocycles. The molecule has 4 nitrogen and oxygen atoms in total. The normalized spacial score (nSPS) is 10.3. The van der Waals surface area contributed by atoms with Gasteiger partial charge >= 0.3 is 5.97 Å². The van der Waals surface area contributed by atoms with Gasteiger partial charge in [0.05, 0.1) is 6.54 Å². The van der Waals surface area contributed by atoms with Crippen LogP contribution in [0.2, 0.25) is 0 Å². The van der Waals surface area contributed by atoms with Crippen LogP contribution in [0.25, 0.3) is 0 Å². The minimum absolute atomic E-state index is 0.00425. The predicted octanol–water partition coefficient (Wildman–Crippen LogP) is 2.40. The Morgan fingerprint density at radius 3 is 2.67 bits per heavy atom. The summed E-state index contributed by atoms with van der Waals surface area (Å²) < 4.78 is 6.52. The number of aliphatic carboxylic acids is 1. The molecule has 0 atom stereocenters. The smallest absolute Gasteiger partial charge is 0.317 e. The highest BCUT2D eigenvalue weighted by Gasteiger charge is 2.07. The zero-order valence-corrected chi connectivity index (χ0v) is 11.6. The van der Waals surface area contributed by atoms with Crippen LogP contribution in [0.3, 0.4) is 0 Å². The van der Waals surface area contributed by atoms with Crippen LogP contribution in [0.15, 0.2) is 41.4 Å². The molecule has 0 saturated carbocycles. The summed E-state index contributed by atoms with van der Waals surface area (Å²) in [4.78, 5) is 12.4. The van der Waals surface area contributed by atoms with Gasteiger partial charge in [0, 0.05) is 17.6 Å². The molecule has 1 aromatic carbocycles. The third kappa shape index (κ3) is 5.84. The third-order valence-corrected chi connectivity index (χ3v) is 2.76. The van der Waals surface area contributed by atoms with E-state index in [4.69, 9.17) is 9.84 Å². The lowest BCUT2D eigenvalue weighted by Crippen LogP contribution is -2.33. The SMILES string of the molecule is C=CCN(CCOc1ccc(Br)cc1)CC(=O)O. The Morgan fingerprint density at radius 1 is 1.44 bits per heavy atom. The van der Waals surface area contributed by atoms with Crippen LogP contribution in [0.5, 0.6) is 5.75 Å². The van der Waals surface area contributed by atoms with Gasteiger partial charge in [-0.3, -0.25) is 9.69 Å². The number of carboxylic acids is 1. The topological polar surface area (TPSA) is 49.8 Å². The molecule has 0 fully saturated rings. The van der Waals surface area contributed by atoms with E-state index in [1.807, 2.05) is 24.3 Å². The second-order valence-corrected chi connectivity index (χ2v) is 4.64. The minimum Gasteiger partial charge on any atom is -0.492 e. The number of benzene rings is 1. The first kappa shape index (κ1) is 14.7. The fraction of sp³-hybridized carbons (Fsp3) is 0.308. The van der Waals surface area contributed by atoms with Crippen molar-refractivity contribution in [2.24, 2.45) is 0 Å². The molecule has 5 heteroatoms. The van der Waals surface area contributed by atoms with Crippen molar-refractivity contribution < 1.29 is 14.6 Å². The van der Waals surface area contributed by atoms with Crippen molar-refractivity contribution in [3.05, 3.63) is 41.4 Å². The molecule has 0 aliphatic heterocycles. The maximum Gasteiger partial charge on any atom is 0.317 e. The van der Waals surface area contributed by atoms with E-state index in [9.17, 15) is 4.79 Å². The molecule has 0 spiro atoms. The van der Waals surface area contributed by atoms with Crippen molar-refractivity contribution in [1.29, 1.82) is 0 Å². The van der Waals surface area contributed by atoms with Crippen molar-refractivity contribution in [3.63, 3.8) is 0 Å². The second kappa shape index (κ2) is 7.89. The Balaban J connectivity index is 2.35. The lowest BCUT2D eigenvalue weighted by Gasteiger charge is -2.18. The van der Waals surface area contributed by atoms with E-state index in [0.717, 1.165) is 10.2 Å². The van der Waals surface area contributed by atoms with Gasteiger partial charge in [-0.25, -0.2) is 0 Å². The summed E-state index contributed by atoms with van der Waals surface area (Å²) in [5.74, 6) is -0.0763. The van der Waals surface area contributed by atoms with E-state index in [1.54, 1.807) is 11.0 Å². The number of nitrogens with zero attached hydrogens (tertiary/aromatic N) is 1. The van der Waals surface area contributed by atoms with Gasteiger partial charge < -0.3 is 9.84 Å². The van der Waals surface area contributed by atoms with Crippen molar-refractivity contribution in [2.45, 2.75) is 0 Å². The lowest BCUT2D eigenvalue weighted by molar-refractivity contribution is -0.138. The molecule has 98 valence electrons. The average molecular weight is 314 g/mol. The number of carboxylic acid groups (broad SMARTS) is 1. The second-order valence-electron chi connectivity index (χ2n) is 3.72. The van der Waals surface area contributed by atoms with E-state index in [2.05, 4.69) is 22.5 Å². The number of rotatable bonds is 8.